The molecule has 0 aliphatic carbocycles. The van der Waals surface area contributed by atoms with E-state index < -0.39 is 0 Å². The number of amides is 1. The number of nitrogens with zero attached hydrogens (tertiary/aromatic N) is 1. The Morgan fingerprint density at radius 3 is 2.76 bits per heavy atom. The molecular weight excluding hydrogens is 216 g/mol. The third kappa shape index (κ3) is 3.68. The van der Waals surface area contributed by atoms with E-state index in [2.05, 4.69) is 5.32 Å². The summed E-state index contributed by atoms with van der Waals surface area (Å²) in [5, 5.41) is 3.30. The van der Waals surface area contributed by atoms with Crippen LogP contribution in [0.3, 0.4) is 0 Å². The minimum Gasteiger partial charge on any atom is -0.376 e. The van der Waals surface area contributed by atoms with Crippen LogP contribution < -0.4 is 5.32 Å². The van der Waals surface area contributed by atoms with Crippen LogP contribution in [-0.4, -0.2) is 49.7 Å². The Hall–Kier alpha value is -0.610. The molecular formula is C13H24N2O2. The predicted molar refractivity (Wildman–Crippen MR) is 66.9 cm³/mol. The van der Waals surface area contributed by atoms with Gasteiger partial charge >= 0.3 is 0 Å². The van der Waals surface area contributed by atoms with Crippen LogP contribution >= 0.6 is 0 Å². The Morgan fingerprint density at radius 1 is 1.29 bits per heavy atom. The number of hydrogen-bond acceptors (Lipinski definition) is 3. The van der Waals surface area contributed by atoms with Gasteiger partial charge in [-0.3, -0.25) is 4.79 Å². The average Bonchev–Trinajstić information content (AvgIpc) is 2.40. The maximum absolute atomic E-state index is 12.2. The SMILES string of the molecule is CN(CC1CCCCO1)C(=O)[C@H]1CCCCN1. The molecule has 0 aromatic heterocycles. The van der Waals surface area contributed by atoms with Crippen molar-refractivity contribution in [1.29, 1.82) is 0 Å². The van der Waals surface area contributed by atoms with Gasteiger partial charge in [0.1, 0.15) is 0 Å². The third-order valence-electron chi connectivity index (χ3n) is 3.74. The molecule has 0 radical (unpaired) electrons. The summed E-state index contributed by atoms with van der Waals surface area (Å²) in [4.78, 5) is 14.0. The Kier molecular flexibility index (Phi) is 4.80. The lowest BCUT2D eigenvalue weighted by molar-refractivity contribution is -0.135. The zero-order chi connectivity index (χ0) is 12.1. The maximum atomic E-state index is 12.2. The number of ether oxygens (including phenoxy) is 1. The van der Waals surface area contributed by atoms with Crippen LogP contribution in [0.4, 0.5) is 0 Å². The van der Waals surface area contributed by atoms with Crippen molar-refractivity contribution in [2.24, 2.45) is 0 Å². The molecule has 1 N–H and O–H groups in total. The molecule has 0 bridgehead atoms. The van der Waals surface area contributed by atoms with Crippen molar-refractivity contribution in [2.75, 3.05) is 26.7 Å². The fourth-order valence-electron chi connectivity index (χ4n) is 2.68. The van der Waals surface area contributed by atoms with Crippen LogP contribution in [0.15, 0.2) is 0 Å². The van der Waals surface area contributed by atoms with Crippen molar-refractivity contribution in [2.45, 2.75) is 50.7 Å². The van der Waals surface area contributed by atoms with Crippen LogP contribution in [0.1, 0.15) is 38.5 Å². The summed E-state index contributed by atoms with van der Waals surface area (Å²) in [6, 6.07) is 0.0392. The number of nitrogens with one attached hydrogen (secondary N) is 1. The van der Waals surface area contributed by atoms with Crippen molar-refractivity contribution in [3.63, 3.8) is 0 Å². The highest BCUT2D eigenvalue weighted by Crippen LogP contribution is 2.15. The van der Waals surface area contributed by atoms with E-state index in [-0.39, 0.29) is 18.1 Å². The second-order valence-corrected chi connectivity index (χ2v) is 5.21. The zero-order valence-electron chi connectivity index (χ0n) is 10.8. The second kappa shape index (κ2) is 6.36. The number of carbonyl (C=O) groups excluding carboxylic acids is 1. The van der Waals surface area contributed by atoms with Gasteiger partial charge in [-0.2, -0.15) is 0 Å². The number of piperidine rings is 1. The van der Waals surface area contributed by atoms with Gasteiger partial charge in [0.05, 0.1) is 12.1 Å². The first kappa shape index (κ1) is 12.8. The quantitative estimate of drug-likeness (QED) is 0.805. The van der Waals surface area contributed by atoms with E-state index in [4.69, 9.17) is 4.74 Å². The Bertz CT molecular complexity index is 246. The van der Waals surface area contributed by atoms with Gasteiger partial charge in [0, 0.05) is 20.2 Å². The van der Waals surface area contributed by atoms with Gasteiger partial charge in [-0.15, -0.1) is 0 Å². The highest BCUT2D eigenvalue weighted by atomic mass is 16.5. The summed E-state index contributed by atoms with van der Waals surface area (Å²) >= 11 is 0. The molecule has 0 aromatic rings. The Balaban J connectivity index is 1.77. The minimum atomic E-state index is 0.0392. The summed E-state index contributed by atoms with van der Waals surface area (Å²) in [6.45, 7) is 2.58. The monoisotopic (exact) mass is 240 g/mol. The molecule has 4 nitrogen and oxygen atoms in total. The lowest BCUT2D eigenvalue weighted by Gasteiger charge is -2.31. The van der Waals surface area contributed by atoms with Crippen LogP contribution in [-0.2, 0) is 9.53 Å². The van der Waals surface area contributed by atoms with Gasteiger partial charge < -0.3 is 15.0 Å². The largest absolute Gasteiger partial charge is 0.376 e. The lowest BCUT2D eigenvalue weighted by Crippen LogP contribution is -2.49. The molecule has 0 spiro atoms. The summed E-state index contributed by atoms with van der Waals surface area (Å²) in [5.74, 6) is 0.235. The molecule has 17 heavy (non-hydrogen) atoms. The number of carbonyl (C=O) groups is 1. The average molecular weight is 240 g/mol. The summed E-state index contributed by atoms with van der Waals surface area (Å²) in [5.41, 5.74) is 0. The van der Waals surface area contributed by atoms with E-state index in [1.165, 1.54) is 19.3 Å². The van der Waals surface area contributed by atoms with E-state index in [1.54, 1.807) is 0 Å². The second-order valence-electron chi connectivity index (χ2n) is 5.21. The fourth-order valence-corrected chi connectivity index (χ4v) is 2.68. The van der Waals surface area contributed by atoms with Gasteiger partial charge in [0.25, 0.3) is 0 Å². The Labute approximate surface area is 104 Å². The number of likely N-dealkylation sites (N-methyl/N-ethyl adjacent to an activating group) is 1. The van der Waals surface area contributed by atoms with Gasteiger partial charge in [-0.25, -0.2) is 0 Å². The highest BCUT2D eigenvalue weighted by molar-refractivity contribution is 5.81. The van der Waals surface area contributed by atoms with Crippen LogP contribution in [0.2, 0.25) is 0 Å². The summed E-state index contributed by atoms with van der Waals surface area (Å²) in [7, 11) is 1.90. The van der Waals surface area contributed by atoms with E-state index in [0.717, 1.165) is 39.0 Å². The molecule has 2 aliphatic rings. The maximum Gasteiger partial charge on any atom is 0.239 e. The van der Waals surface area contributed by atoms with Crippen LogP contribution in [0.5, 0.6) is 0 Å². The molecule has 2 atom stereocenters. The van der Waals surface area contributed by atoms with Crippen LogP contribution in [0, 0.1) is 0 Å². The normalized spacial score (nSPS) is 29.9. The fraction of sp³-hybridized carbons (Fsp3) is 0.923. The first-order valence-electron chi connectivity index (χ1n) is 6.87. The van der Waals surface area contributed by atoms with E-state index in [9.17, 15) is 4.79 Å². The molecule has 1 unspecified atom stereocenters. The number of rotatable bonds is 3. The highest BCUT2D eigenvalue weighted by Gasteiger charge is 2.25. The topological polar surface area (TPSA) is 41.6 Å². The van der Waals surface area contributed by atoms with Crippen LogP contribution in [0.25, 0.3) is 0 Å². The summed E-state index contributed by atoms with van der Waals surface area (Å²) in [6.07, 6.45) is 7.08. The van der Waals surface area contributed by atoms with Gasteiger partial charge in [-0.1, -0.05) is 6.42 Å². The molecule has 2 fully saturated rings. The van der Waals surface area contributed by atoms with Gasteiger partial charge in [0.2, 0.25) is 5.91 Å². The van der Waals surface area contributed by atoms with Gasteiger partial charge in [0.15, 0.2) is 0 Å². The predicted octanol–water partition coefficient (Wildman–Crippen LogP) is 1.16. The van der Waals surface area contributed by atoms with Crippen molar-refractivity contribution in [3.8, 4) is 0 Å². The number of hydrogen-bond donors (Lipinski definition) is 1. The lowest BCUT2D eigenvalue weighted by atomic mass is 10.0. The molecule has 2 rings (SSSR count). The molecule has 98 valence electrons. The third-order valence-corrected chi connectivity index (χ3v) is 3.74. The van der Waals surface area contributed by atoms with Crippen molar-refractivity contribution < 1.29 is 9.53 Å². The van der Waals surface area contributed by atoms with Crippen molar-refractivity contribution in [3.05, 3.63) is 0 Å². The molecule has 2 heterocycles. The van der Waals surface area contributed by atoms with E-state index in [1.807, 2.05) is 11.9 Å². The zero-order valence-corrected chi connectivity index (χ0v) is 10.8. The molecule has 2 aliphatic heterocycles. The Morgan fingerprint density at radius 2 is 2.12 bits per heavy atom. The van der Waals surface area contributed by atoms with Gasteiger partial charge in [-0.05, 0) is 38.6 Å². The molecule has 0 aromatic carbocycles. The molecule has 1 amide bonds. The first-order chi connectivity index (χ1) is 8.27. The minimum absolute atomic E-state index is 0.0392. The summed E-state index contributed by atoms with van der Waals surface area (Å²) < 4.78 is 5.67. The molecule has 0 saturated carbocycles. The first-order valence-corrected chi connectivity index (χ1v) is 6.87. The molecule has 4 heteroatoms. The molecule has 2 saturated heterocycles. The smallest absolute Gasteiger partial charge is 0.239 e. The van der Waals surface area contributed by atoms with Crippen molar-refractivity contribution >= 4 is 5.91 Å². The van der Waals surface area contributed by atoms with E-state index >= 15 is 0 Å². The standard InChI is InChI=1S/C13H24N2O2/c1-15(10-11-6-3-5-9-17-11)13(16)12-7-2-4-8-14-12/h11-12,14H,2-10H2,1H3/t11?,12-/m1/s1. The van der Waals surface area contributed by atoms with Crippen molar-refractivity contribution in [1.82, 2.24) is 10.2 Å². The van der Waals surface area contributed by atoms with E-state index in [0.29, 0.717) is 0 Å².